The molecular formula is C19H20N2OS. The number of nitrogens with zero attached hydrogens (tertiary/aromatic N) is 2. The molecule has 118 valence electrons. The molecule has 0 bridgehead atoms. The monoisotopic (exact) mass is 324 g/mol. The molecule has 0 spiro atoms. The van der Waals surface area contributed by atoms with Gasteiger partial charge in [-0.3, -0.25) is 4.79 Å². The van der Waals surface area contributed by atoms with E-state index in [0.29, 0.717) is 6.42 Å². The molecule has 3 nitrogen and oxygen atoms in total. The molecule has 0 aliphatic rings. The fourth-order valence-electron chi connectivity index (χ4n) is 2.73. The lowest BCUT2D eigenvalue weighted by Gasteiger charge is -2.02. The average Bonchev–Trinajstić information content (AvgIpc) is 2.90. The Kier molecular flexibility index (Phi) is 4.72. The molecule has 3 rings (SSSR count). The van der Waals surface area contributed by atoms with E-state index < -0.39 is 0 Å². The van der Waals surface area contributed by atoms with Gasteiger partial charge in [-0.2, -0.15) is 4.99 Å². The maximum atomic E-state index is 12.2. The zero-order chi connectivity index (χ0) is 16.2. The highest BCUT2D eigenvalue weighted by Gasteiger charge is 2.08. The lowest BCUT2D eigenvalue weighted by Crippen LogP contribution is -2.14. The molecule has 0 radical (unpaired) electrons. The second kappa shape index (κ2) is 6.92. The zero-order valence-corrected chi connectivity index (χ0v) is 14.3. The second-order valence-electron chi connectivity index (χ2n) is 5.55. The Morgan fingerprint density at radius 2 is 1.91 bits per heavy atom. The molecule has 3 aromatic rings. The molecule has 4 heteroatoms. The number of para-hydroxylation sites is 1. The van der Waals surface area contributed by atoms with Gasteiger partial charge in [0.05, 0.1) is 10.2 Å². The zero-order valence-electron chi connectivity index (χ0n) is 13.5. The molecule has 0 atom stereocenters. The number of amides is 1. The molecular weight excluding hydrogens is 304 g/mol. The molecule has 0 aliphatic heterocycles. The van der Waals surface area contributed by atoms with Crippen LogP contribution in [0.4, 0.5) is 0 Å². The van der Waals surface area contributed by atoms with Gasteiger partial charge in [-0.05, 0) is 30.0 Å². The van der Waals surface area contributed by atoms with Crippen LogP contribution in [-0.2, 0) is 24.7 Å². The van der Waals surface area contributed by atoms with Crippen LogP contribution in [0.15, 0.2) is 53.5 Å². The van der Waals surface area contributed by atoms with Crippen LogP contribution < -0.4 is 4.80 Å². The third-order valence-corrected chi connectivity index (χ3v) is 5.07. The minimum atomic E-state index is -0.0611. The Balaban J connectivity index is 1.86. The first kappa shape index (κ1) is 15.7. The minimum absolute atomic E-state index is 0.0611. The van der Waals surface area contributed by atoms with E-state index in [9.17, 15) is 4.79 Å². The highest BCUT2D eigenvalue weighted by Crippen LogP contribution is 2.21. The molecule has 1 aromatic heterocycles. The Hall–Kier alpha value is -2.20. The molecule has 0 fully saturated rings. The molecule has 0 aliphatic carbocycles. The highest BCUT2D eigenvalue weighted by atomic mass is 32.1. The van der Waals surface area contributed by atoms with Gasteiger partial charge in [0.1, 0.15) is 0 Å². The van der Waals surface area contributed by atoms with Crippen molar-refractivity contribution >= 4 is 27.5 Å². The summed E-state index contributed by atoms with van der Waals surface area (Å²) < 4.78 is 3.22. The quantitative estimate of drug-likeness (QED) is 0.717. The van der Waals surface area contributed by atoms with Gasteiger partial charge in [-0.1, -0.05) is 60.7 Å². The Morgan fingerprint density at radius 1 is 1.13 bits per heavy atom. The van der Waals surface area contributed by atoms with Gasteiger partial charge in [0, 0.05) is 13.5 Å². The van der Waals surface area contributed by atoms with E-state index >= 15 is 0 Å². The number of fused-ring (bicyclic) bond motifs is 1. The van der Waals surface area contributed by atoms with Gasteiger partial charge in [-0.25, -0.2) is 0 Å². The van der Waals surface area contributed by atoms with Gasteiger partial charge in [-0.15, -0.1) is 0 Å². The summed E-state index contributed by atoms with van der Waals surface area (Å²) in [7, 11) is 1.99. The first-order chi connectivity index (χ1) is 11.2. The lowest BCUT2D eigenvalue weighted by molar-refractivity contribution is -0.118. The molecule has 0 unspecified atom stereocenters. The number of hydrogen-bond acceptors (Lipinski definition) is 2. The third kappa shape index (κ3) is 3.42. The number of carbonyl (C=O) groups is 1. The first-order valence-corrected chi connectivity index (χ1v) is 8.69. The Labute approximate surface area is 139 Å². The van der Waals surface area contributed by atoms with Crippen molar-refractivity contribution in [1.29, 1.82) is 0 Å². The van der Waals surface area contributed by atoms with Crippen LogP contribution in [0.2, 0.25) is 0 Å². The van der Waals surface area contributed by atoms with Gasteiger partial charge in [0.25, 0.3) is 0 Å². The van der Waals surface area contributed by atoms with Crippen molar-refractivity contribution in [2.75, 3.05) is 0 Å². The van der Waals surface area contributed by atoms with Gasteiger partial charge in [0.2, 0.25) is 5.91 Å². The summed E-state index contributed by atoms with van der Waals surface area (Å²) in [4.78, 5) is 17.3. The van der Waals surface area contributed by atoms with Crippen LogP contribution in [0.1, 0.15) is 24.5 Å². The van der Waals surface area contributed by atoms with Crippen molar-refractivity contribution < 1.29 is 4.79 Å². The average molecular weight is 324 g/mol. The number of benzene rings is 2. The van der Waals surface area contributed by atoms with Crippen LogP contribution in [0.3, 0.4) is 0 Å². The van der Waals surface area contributed by atoms with Crippen LogP contribution in [-0.4, -0.2) is 10.5 Å². The predicted octanol–water partition coefficient (Wildman–Crippen LogP) is 3.86. The summed E-state index contributed by atoms with van der Waals surface area (Å²) in [5.41, 5.74) is 3.65. The van der Waals surface area contributed by atoms with E-state index in [1.54, 1.807) is 11.3 Å². The van der Waals surface area contributed by atoms with Crippen molar-refractivity contribution in [3.8, 4) is 0 Å². The second-order valence-corrected chi connectivity index (χ2v) is 6.56. The Bertz CT molecular complexity index is 891. The number of carbonyl (C=O) groups excluding carboxylic acids is 1. The van der Waals surface area contributed by atoms with Gasteiger partial charge in [0.15, 0.2) is 4.80 Å². The van der Waals surface area contributed by atoms with Crippen molar-refractivity contribution in [2.24, 2.45) is 12.0 Å². The number of rotatable bonds is 4. The molecule has 2 aromatic carbocycles. The molecule has 1 heterocycles. The standard InChI is InChI=1S/C19H20N2OS/c1-3-15-10-7-11-16-18(15)21(2)19(23-16)20-17(22)13-12-14-8-5-4-6-9-14/h4-11H,3,12-13H2,1-2H3. The highest BCUT2D eigenvalue weighted by molar-refractivity contribution is 7.16. The lowest BCUT2D eigenvalue weighted by atomic mass is 10.1. The summed E-state index contributed by atoms with van der Waals surface area (Å²) in [5, 5.41) is 0. The number of aryl methyl sites for hydroxylation is 3. The molecule has 0 N–H and O–H groups in total. The van der Waals surface area contributed by atoms with E-state index in [2.05, 4.69) is 30.1 Å². The van der Waals surface area contributed by atoms with Crippen LogP contribution >= 0.6 is 11.3 Å². The van der Waals surface area contributed by atoms with Crippen molar-refractivity contribution in [2.45, 2.75) is 26.2 Å². The van der Waals surface area contributed by atoms with E-state index in [1.165, 1.54) is 21.3 Å². The van der Waals surface area contributed by atoms with Crippen LogP contribution in [0.5, 0.6) is 0 Å². The third-order valence-electron chi connectivity index (χ3n) is 3.98. The summed E-state index contributed by atoms with van der Waals surface area (Å²) in [6, 6.07) is 16.4. The van der Waals surface area contributed by atoms with Gasteiger partial charge >= 0.3 is 0 Å². The predicted molar refractivity (Wildman–Crippen MR) is 95.5 cm³/mol. The fraction of sp³-hybridized carbons (Fsp3) is 0.263. The molecule has 23 heavy (non-hydrogen) atoms. The van der Waals surface area contributed by atoms with E-state index in [1.807, 2.05) is 41.9 Å². The van der Waals surface area contributed by atoms with Gasteiger partial charge < -0.3 is 4.57 Å². The maximum Gasteiger partial charge on any atom is 0.248 e. The summed E-state index contributed by atoms with van der Waals surface area (Å²) in [6.07, 6.45) is 2.15. The minimum Gasteiger partial charge on any atom is -0.319 e. The van der Waals surface area contributed by atoms with Crippen LogP contribution in [0, 0.1) is 0 Å². The largest absolute Gasteiger partial charge is 0.319 e. The fourth-order valence-corrected chi connectivity index (χ4v) is 3.82. The SMILES string of the molecule is CCc1cccc2sc(=NC(=O)CCc3ccccc3)n(C)c12. The van der Waals surface area contributed by atoms with Crippen molar-refractivity contribution in [1.82, 2.24) is 4.57 Å². The number of thiazole rings is 1. The van der Waals surface area contributed by atoms with Crippen molar-refractivity contribution in [3.63, 3.8) is 0 Å². The molecule has 0 saturated carbocycles. The molecule has 1 amide bonds. The maximum absolute atomic E-state index is 12.2. The van der Waals surface area contributed by atoms with E-state index in [4.69, 9.17) is 0 Å². The number of aromatic nitrogens is 1. The Morgan fingerprint density at radius 3 is 2.65 bits per heavy atom. The van der Waals surface area contributed by atoms with E-state index in [-0.39, 0.29) is 5.91 Å². The number of hydrogen-bond donors (Lipinski definition) is 0. The molecule has 0 saturated heterocycles. The van der Waals surface area contributed by atoms with Crippen molar-refractivity contribution in [3.05, 3.63) is 64.5 Å². The van der Waals surface area contributed by atoms with Crippen LogP contribution in [0.25, 0.3) is 10.2 Å². The topological polar surface area (TPSA) is 34.4 Å². The summed E-state index contributed by atoms with van der Waals surface area (Å²) in [6.45, 7) is 2.15. The first-order valence-electron chi connectivity index (χ1n) is 7.88. The van der Waals surface area contributed by atoms with E-state index in [0.717, 1.165) is 17.6 Å². The summed E-state index contributed by atoms with van der Waals surface area (Å²) >= 11 is 1.58. The smallest absolute Gasteiger partial charge is 0.248 e. The normalized spacial score (nSPS) is 12.0. The summed E-state index contributed by atoms with van der Waals surface area (Å²) in [5.74, 6) is -0.0611.